The quantitative estimate of drug-likeness (QED) is 0.697. The summed E-state index contributed by atoms with van der Waals surface area (Å²) in [5, 5.41) is 13.1. The molecule has 4 nitrogen and oxygen atoms in total. The standard InChI is InChI=1S/C18H12F3N3O/c1-12-9-14(11-22)23-24(12)15-6-4-5-13(10-15)16-7-2-3-8-17(16)25-18(19,20)21/h2-10H,1H3. The van der Waals surface area contributed by atoms with Crippen LogP contribution in [0.25, 0.3) is 16.8 Å². The van der Waals surface area contributed by atoms with Crippen molar-refractivity contribution in [2.75, 3.05) is 0 Å². The molecule has 0 bridgehead atoms. The first kappa shape index (κ1) is 16.6. The van der Waals surface area contributed by atoms with Crippen LogP contribution in [0.1, 0.15) is 11.4 Å². The van der Waals surface area contributed by atoms with Crippen LogP contribution in [0.2, 0.25) is 0 Å². The molecule has 0 fully saturated rings. The highest BCUT2D eigenvalue weighted by Crippen LogP contribution is 2.34. The fraction of sp³-hybridized carbons (Fsp3) is 0.111. The van der Waals surface area contributed by atoms with Crippen LogP contribution in [0.3, 0.4) is 0 Å². The molecule has 1 aromatic heterocycles. The van der Waals surface area contributed by atoms with Gasteiger partial charge in [0.2, 0.25) is 0 Å². The highest BCUT2D eigenvalue weighted by molar-refractivity contribution is 5.72. The van der Waals surface area contributed by atoms with E-state index in [0.717, 1.165) is 5.69 Å². The van der Waals surface area contributed by atoms with Gasteiger partial charge in [0, 0.05) is 11.3 Å². The van der Waals surface area contributed by atoms with Crippen molar-refractivity contribution in [3.8, 4) is 28.6 Å². The number of aromatic nitrogens is 2. The van der Waals surface area contributed by atoms with Gasteiger partial charge in [0.15, 0.2) is 5.69 Å². The minimum Gasteiger partial charge on any atom is -0.405 e. The molecule has 0 radical (unpaired) electrons. The van der Waals surface area contributed by atoms with E-state index in [2.05, 4.69) is 9.84 Å². The van der Waals surface area contributed by atoms with Gasteiger partial charge in [0.25, 0.3) is 0 Å². The normalized spacial score (nSPS) is 11.2. The van der Waals surface area contributed by atoms with Gasteiger partial charge in [-0.05, 0) is 36.8 Å². The van der Waals surface area contributed by atoms with Crippen molar-refractivity contribution in [2.45, 2.75) is 13.3 Å². The number of benzene rings is 2. The number of nitrogens with zero attached hydrogens (tertiary/aromatic N) is 3. The smallest absolute Gasteiger partial charge is 0.405 e. The van der Waals surface area contributed by atoms with Gasteiger partial charge in [-0.2, -0.15) is 10.4 Å². The molecule has 126 valence electrons. The number of hydrogen-bond donors (Lipinski definition) is 0. The molecule has 25 heavy (non-hydrogen) atoms. The van der Waals surface area contributed by atoms with Crippen molar-refractivity contribution in [1.82, 2.24) is 9.78 Å². The molecule has 0 saturated carbocycles. The highest BCUT2D eigenvalue weighted by atomic mass is 19.4. The molecule has 0 spiro atoms. The lowest BCUT2D eigenvalue weighted by Gasteiger charge is -2.14. The zero-order chi connectivity index (χ0) is 18.0. The first-order valence-electron chi connectivity index (χ1n) is 7.30. The monoisotopic (exact) mass is 343 g/mol. The molecule has 3 aromatic rings. The molecule has 1 heterocycles. The van der Waals surface area contributed by atoms with Crippen molar-refractivity contribution >= 4 is 0 Å². The third-order valence-electron chi connectivity index (χ3n) is 3.52. The van der Waals surface area contributed by atoms with Crippen LogP contribution in [0.4, 0.5) is 13.2 Å². The fourth-order valence-electron chi connectivity index (χ4n) is 2.51. The molecule has 0 aliphatic rings. The van der Waals surface area contributed by atoms with Gasteiger partial charge in [-0.1, -0.05) is 30.3 Å². The molecule has 0 amide bonds. The van der Waals surface area contributed by atoms with Gasteiger partial charge >= 0.3 is 6.36 Å². The summed E-state index contributed by atoms with van der Waals surface area (Å²) in [4.78, 5) is 0. The summed E-state index contributed by atoms with van der Waals surface area (Å²) >= 11 is 0. The topological polar surface area (TPSA) is 50.8 Å². The molecular weight excluding hydrogens is 331 g/mol. The van der Waals surface area contributed by atoms with E-state index in [1.54, 1.807) is 54.1 Å². The Labute approximate surface area is 141 Å². The Morgan fingerprint density at radius 2 is 1.84 bits per heavy atom. The number of rotatable bonds is 3. The zero-order valence-electron chi connectivity index (χ0n) is 13.1. The Morgan fingerprint density at radius 3 is 2.52 bits per heavy atom. The Morgan fingerprint density at radius 1 is 1.08 bits per heavy atom. The molecule has 0 aliphatic heterocycles. The summed E-state index contributed by atoms with van der Waals surface area (Å²) in [5.74, 6) is -0.276. The molecule has 7 heteroatoms. The van der Waals surface area contributed by atoms with Crippen LogP contribution >= 0.6 is 0 Å². The predicted molar refractivity (Wildman–Crippen MR) is 85.1 cm³/mol. The van der Waals surface area contributed by atoms with Gasteiger partial charge in [-0.3, -0.25) is 0 Å². The molecule has 0 N–H and O–H groups in total. The first-order chi connectivity index (χ1) is 11.9. The van der Waals surface area contributed by atoms with Crippen molar-refractivity contribution in [2.24, 2.45) is 0 Å². The number of alkyl halides is 3. The average molecular weight is 343 g/mol. The van der Waals surface area contributed by atoms with E-state index in [9.17, 15) is 13.2 Å². The van der Waals surface area contributed by atoms with Crippen LogP contribution in [0.5, 0.6) is 5.75 Å². The Hall–Kier alpha value is -3.27. The minimum absolute atomic E-state index is 0.267. The maximum atomic E-state index is 12.6. The first-order valence-corrected chi connectivity index (χ1v) is 7.30. The van der Waals surface area contributed by atoms with Crippen LogP contribution in [0, 0.1) is 18.3 Å². The van der Waals surface area contributed by atoms with Gasteiger partial charge in [-0.25, -0.2) is 4.68 Å². The van der Waals surface area contributed by atoms with Crippen LogP contribution in [-0.2, 0) is 0 Å². The second-order valence-electron chi connectivity index (χ2n) is 5.29. The Kier molecular flexibility index (Phi) is 4.19. The van der Waals surface area contributed by atoms with Crippen LogP contribution in [-0.4, -0.2) is 16.1 Å². The maximum absolute atomic E-state index is 12.6. The second kappa shape index (κ2) is 6.32. The zero-order valence-corrected chi connectivity index (χ0v) is 13.1. The number of hydrogen-bond acceptors (Lipinski definition) is 3. The number of aryl methyl sites for hydroxylation is 1. The van der Waals surface area contributed by atoms with Gasteiger partial charge < -0.3 is 4.74 Å². The largest absolute Gasteiger partial charge is 0.573 e. The van der Waals surface area contributed by atoms with Crippen molar-refractivity contribution in [3.05, 3.63) is 66.0 Å². The predicted octanol–water partition coefficient (Wildman–Crippen LogP) is 4.62. The lowest BCUT2D eigenvalue weighted by atomic mass is 10.0. The lowest BCUT2D eigenvalue weighted by molar-refractivity contribution is -0.274. The van der Waals surface area contributed by atoms with E-state index >= 15 is 0 Å². The molecule has 0 unspecified atom stereocenters. The van der Waals surface area contributed by atoms with E-state index in [1.165, 1.54) is 12.1 Å². The summed E-state index contributed by atoms with van der Waals surface area (Å²) in [6.07, 6.45) is -4.77. The van der Waals surface area contributed by atoms with Crippen molar-refractivity contribution in [3.63, 3.8) is 0 Å². The van der Waals surface area contributed by atoms with E-state index in [-0.39, 0.29) is 11.4 Å². The SMILES string of the molecule is Cc1cc(C#N)nn1-c1cccc(-c2ccccc2OC(F)(F)F)c1. The number of nitriles is 1. The molecule has 2 aromatic carbocycles. The van der Waals surface area contributed by atoms with Crippen LogP contribution < -0.4 is 4.74 Å². The van der Waals surface area contributed by atoms with Crippen molar-refractivity contribution in [1.29, 1.82) is 5.26 Å². The van der Waals surface area contributed by atoms with E-state index < -0.39 is 6.36 Å². The van der Waals surface area contributed by atoms with Gasteiger partial charge in [0.05, 0.1) is 5.69 Å². The number of halogens is 3. The molecule has 0 saturated heterocycles. The summed E-state index contributed by atoms with van der Waals surface area (Å²) in [5.41, 5.74) is 2.51. The Balaban J connectivity index is 2.06. The lowest BCUT2D eigenvalue weighted by Crippen LogP contribution is -2.17. The van der Waals surface area contributed by atoms with E-state index in [4.69, 9.17) is 5.26 Å². The molecular formula is C18H12F3N3O. The molecule has 3 rings (SSSR count). The number of ether oxygens (including phenoxy) is 1. The maximum Gasteiger partial charge on any atom is 0.573 e. The summed E-state index contributed by atoms with van der Waals surface area (Å²) in [7, 11) is 0. The summed E-state index contributed by atoms with van der Waals surface area (Å²) in [6, 6.07) is 16.4. The average Bonchev–Trinajstić information content (AvgIpc) is 2.95. The Bertz CT molecular complexity index is 955. The van der Waals surface area contributed by atoms with Gasteiger partial charge in [-0.15, -0.1) is 13.2 Å². The highest BCUT2D eigenvalue weighted by Gasteiger charge is 2.32. The second-order valence-corrected chi connectivity index (χ2v) is 5.29. The van der Waals surface area contributed by atoms with E-state index in [1.807, 2.05) is 6.07 Å². The van der Waals surface area contributed by atoms with E-state index in [0.29, 0.717) is 16.8 Å². The minimum atomic E-state index is -4.77. The molecule has 0 atom stereocenters. The molecule has 0 aliphatic carbocycles. The third-order valence-corrected chi connectivity index (χ3v) is 3.52. The van der Waals surface area contributed by atoms with Crippen molar-refractivity contribution < 1.29 is 17.9 Å². The summed E-state index contributed by atoms with van der Waals surface area (Å²) < 4.78 is 43.5. The van der Waals surface area contributed by atoms with Gasteiger partial charge in [0.1, 0.15) is 11.8 Å². The summed E-state index contributed by atoms with van der Waals surface area (Å²) in [6.45, 7) is 1.79. The van der Waals surface area contributed by atoms with Crippen LogP contribution in [0.15, 0.2) is 54.6 Å². The fourth-order valence-corrected chi connectivity index (χ4v) is 2.51. The third kappa shape index (κ3) is 3.63. The number of para-hydroxylation sites is 1.